The molecule has 0 aromatic heterocycles. The van der Waals surface area contributed by atoms with Gasteiger partial charge in [-0.2, -0.15) is 0 Å². The van der Waals surface area contributed by atoms with Crippen LogP contribution in [0.4, 0.5) is 0 Å². The van der Waals surface area contributed by atoms with E-state index < -0.39 is 0 Å². The Balaban J connectivity index is 1.44. The highest BCUT2D eigenvalue weighted by Gasteiger charge is 2.29. The summed E-state index contributed by atoms with van der Waals surface area (Å²) >= 11 is 0. The molecule has 0 aromatic rings. The molecule has 2 saturated carbocycles. The lowest BCUT2D eigenvalue weighted by Crippen LogP contribution is -2.33. The van der Waals surface area contributed by atoms with E-state index in [2.05, 4.69) is 12.2 Å². The Kier molecular flexibility index (Phi) is 3.23. The highest BCUT2D eigenvalue weighted by Crippen LogP contribution is 2.32. The van der Waals surface area contributed by atoms with E-state index in [1.54, 1.807) is 0 Å². The minimum absolute atomic E-state index is 0.593. The van der Waals surface area contributed by atoms with Gasteiger partial charge in [0.05, 0.1) is 6.10 Å². The second-order valence-corrected chi connectivity index (χ2v) is 4.43. The molecule has 2 aliphatic rings. The van der Waals surface area contributed by atoms with Crippen LogP contribution in [0.15, 0.2) is 0 Å². The molecule has 0 amide bonds. The molecule has 2 fully saturated rings. The van der Waals surface area contributed by atoms with Crippen LogP contribution in [0.1, 0.15) is 39.0 Å². The summed E-state index contributed by atoms with van der Waals surface area (Å²) in [5.74, 6) is 0.947. The van der Waals surface area contributed by atoms with E-state index in [0.717, 1.165) is 18.6 Å². The number of hydrogen-bond donors (Lipinski definition) is 1. The van der Waals surface area contributed by atoms with Crippen LogP contribution >= 0.6 is 0 Å². The first-order chi connectivity index (χ1) is 6.38. The summed E-state index contributed by atoms with van der Waals surface area (Å²) in [6, 6.07) is 0.878. The smallest absolute Gasteiger partial charge is 0.0580 e. The van der Waals surface area contributed by atoms with E-state index >= 15 is 0 Å². The average molecular weight is 183 g/mol. The van der Waals surface area contributed by atoms with Gasteiger partial charge in [-0.05, 0) is 51.5 Å². The highest BCUT2D eigenvalue weighted by molar-refractivity contribution is 4.84. The Labute approximate surface area is 81.0 Å². The summed E-state index contributed by atoms with van der Waals surface area (Å²) in [5.41, 5.74) is 0. The molecule has 0 heterocycles. The van der Waals surface area contributed by atoms with Gasteiger partial charge in [0, 0.05) is 12.6 Å². The molecule has 2 nitrogen and oxygen atoms in total. The monoisotopic (exact) mass is 183 g/mol. The third kappa shape index (κ3) is 2.96. The lowest BCUT2D eigenvalue weighted by atomic mass is 9.80. The van der Waals surface area contributed by atoms with Crippen LogP contribution in [0, 0.1) is 5.92 Å². The van der Waals surface area contributed by atoms with E-state index in [0.29, 0.717) is 6.10 Å². The van der Waals surface area contributed by atoms with E-state index in [4.69, 9.17) is 4.74 Å². The highest BCUT2D eigenvalue weighted by atomic mass is 16.5. The van der Waals surface area contributed by atoms with Crippen molar-refractivity contribution in [2.24, 2.45) is 5.92 Å². The summed E-state index contributed by atoms with van der Waals surface area (Å²) in [5, 5.41) is 3.56. The SMILES string of the molecule is CCOC1CC(CCNC2CC2)C1. The van der Waals surface area contributed by atoms with E-state index in [-0.39, 0.29) is 0 Å². The van der Waals surface area contributed by atoms with E-state index in [1.807, 2.05) is 0 Å². The van der Waals surface area contributed by atoms with Crippen LogP contribution in [0.3, 0.4) is 0 Å². The van der Waals surface area contributed by atoms with Crippen molar-refractivity contribution < 1.29 is 4.74 Å². The Bertz CT molecular complexity index is 150. The third-order valence-electron chi connectivity index (χ3n) is 3.16. The second-order valence-electron chi connectivity index (χ2n) is 4.43. The van der Waals surface area contributed by atoms with Crippen molar-refractivity contribution in [1.82, 2.24) is 5.32 Å². The molecule has 13 heavy (non-hydrogen) atoms. The topological polar surface area (TPSA) is 21.3 Å². The van der Waals surface area contributed by atoms with Gasteiger partial charge in [-0.15, -0.1) is 0 Å². The average Bonchev–Trinajstić information content (AvgIpc) is 2.83. The number of rotatable bonds is 6. The van der Waals surface area contributed by atoms with Gasteiger partial charge in [-0.1, -0.05) is 0 Å². The third-order valence-corrected chi connectivity index (χ3v) is 3.16. The lowest BCUT2D eigenvalue weighted by molar-refractivity contribution is -0.0263. The summed E-state index contributed by atoms with van der Waals surface area (Å²) in [4.78, 5) is 0. The first kappa shape index (κ1) is 9.47. The van der Waals surface area contributed by atoms with Gasteiger partial charge in [0.2, 0.25) is 0 Å². The number of ether oxygens (including phenoxy) is 1. The van der Waals surface area contributed by atoms with Crippen LogP contribution in [-0.4, -0.2) is 25.3 Å². The lowest BCUT2D eigenvalue weighted by Gasteiger charge is -2.35. The maximum atomic E-state index is 5.53. The molecule has 0 unspecified atom stereocenters. The Morgan fingerprint density at radius 1 is 1.31 bits per heavy atom. The van der Waals surface area contributed by atoms with E-state index in [1.165, 1.54) is 38.6 Å². The van der Waals surface area contributed by atoms with Crippen molar-refractivity contribution in [2.75, 3.05) is 13.2 Å². The van der Waals surface area contributed by atoms with Crippen molar-refractivity contribution in [2.45, 2.75) is 51.2 Å². The first-order valence-electron chi connectivity index (χ1n) is 5.73. The predicted octanol–water partition coefficient (Wildman–Crippen LogP) is 1.94. The van der Waals surface area contributed by atoms with Gasteiger partial charge < -0.3 is 10.1 Å². The molecule has 0 saturated heterocycles. The van der Waals surface area contributed by atoms with Crippen LogP contribution in [0.2, 0.25) is 0 Å². The molecule has 2 heteroatoms. The minimum atomic E-state index is 0.593. The van der Waals surface area contributed by atoms with Gasteiger partial charge in [0.15, 0.2) is 0 Å². The molecule has 2 rings (SSSR count). The summed E-state index contributed by atoms with van der Waals surface area (Å²) in [6.07, 6.45) is 7.38. The van der Waals surface area contributed by atoms with Crippen molar-refractivity contribution in [3.8, 4) is 0 Å². The molecule has 0 aliphatic heterocycles. The molecule has 76 valence electrons. The number of hydrogen-bond acceptors (Lipinski definition) is 2. The fraction of sp³-hybridized carbons (Fsp3) is 1.00. The molecule has 0 atom stereocenters. The quantitative estimate of drug-likeness (QED) is 0.679. The number of nitrogens with one attached hydrogen (secondary N) is 1. The zero-order chi connectivity index (χ0) is 9.10. The molecule has 1 N–H and O–H groups in total. The van der Waals surface area contributed by atoms with Crippen LogP contribution in [0.5, 0.6) is 0 Å². The standard InChI is InChI=1S/C11H21NO/c1-2-13-11-7-9(8-11)5-6-12-10-3-4-10/h9-12H,2-8H2,1H3. The van der Waals surface area contributed by atoms with Gasteiger partial charge in [0.1, 0.15) is 0 Å². The molecule has 0 aromatic carbocycles. The zero-order valence-electron chi connectivity index (χ0n) is 8.59. The maximum absolute atomic E-state index is 5.53. The predicted molar refractivity (Wildman–Crippen MR) is 53.8 cm³/mol. The summed E-state index contributed by atoms with van der Waals surface area (Å²) in [6.45, 7) is 4.20. The molecule has 0 spiro atoms. The molecular weight excluding hydrogens is 162 g/mol. The zero-order valence-corrected chi connectivity index (χ0v) is 8.59. The minimum Gasteiger partial charge on any atom is -0.378 e. The molecule has 0 radical (unpaired) electrons. The van der Waals surface area contributed by atoms with Gasteiger partial charge in [-0.25, -0.2) is 0 Å². The molecular formula is C11H21NO. The fourth-order valence-electron chi connectivity index (χ4n) is 2.06. The largest absolute Gasteiger partial charge is 0.378 e. The van der Waals surface area contributed by atoms with Crippen molar-refractivity contribution >= 4 is 0 Å². The summed E-state index contributed by atoms with van der Waals surface area (Å²) < 4.78 is 5.53. The van der Waals surface area contributed by atoms with Crippen molar-refractivity contribution in [3.63, 3.8) is 0 Å². The fourth-order valence-corrected chi connectivity index (χ4v) is 2.06. The Morgan fingerprint density at radius 2 is 2.08 bits per heavy atom. The van der Waals surface area contributed by atoms with Crippen LogP contribution in [0.25, 0.3) is 0 Å². The Hall–Kier alpha value is -0.0800. The normalized spacial score (nSPS) is 33.0. The summed E-state index contributed by atoms with van der Waals surface area (Å²) in [7, 11) is 0. The van der Waals surface area contributed by atoms with E-state index in [9.17, 15) is 0 Å². The second kappa shape index (κ2) is 4.43. The van der Waals surface area contributed by atoms with Gasteiger partial charge >= 0.3 is 0 Å². The van der Waals surface area contributed by atoms with Crippen molar-refractivity contribution in [1.29, 1.82) is 0 Å². The van der Waals surface area contributed by atoms with Crippen LogP contribution < -0.4 is 5.32 Å². The molecule has 2 aliphatic carbocycles. The van der Waals surface area contributed by atoms with Crippen molar-refractivity contribution in [3.05, 3.63) is 0 Å². The maximum Gasteiger partial charge on any atom is 0.0580 e. The van der Waals surface area contributed by atoms with Gasteiger partial charge in [-0.3, -0.25) is 0 Å². The molecule has 0 bridgehead atoms. The first-order valence-corrected chi connectivity index (χ1v) is 5.73. The van der Waals surface area contributed by atoms with Crippen LogP contribution in [-0.2, 0) is 4.74 Å². The Morgan fingerprint density at radius 3 is 2.69 bits per heavy atom. The van der Waals surface area contributed by atoms with Gasteiger partial charge in [0.25, 0.3) is 0 Å².